The molecule has 1 amide bonds. The maximum absolute atomic E-state index is 12.8. The molecule has 4 nitrogen and oxygen atoms in total. The van der Waals surface area contributed by atoms with Crippen LogP contribution in [0.2, 0.25) is 0 Å². The van der Waals surface area contributed by atoms with Gasteiger partial charge in [0.05, 0.1) is 6.20 Å². The van der Waals surface area contributed by atoms with Crippen LogP contribution in [0.15, 0.2) is 35.0 Å². The second-order valence-electron chi connectivity index (χ2n) is 6.59. The van der Waals surface area contributed by atoms with Gasteiger partial charge in [-0.3, -0.25) is 4.79 Å². The number of amides is 1. The van der Waals surface area contributed by atoms with Crippen LogP contribution in [0, 0.1) is 18.8 Å². The lowest BCUT2D eigenvalue weighted by Crippen LogP contribution is -2.42. The standard InChI is InChI=1S/C18H22N2O2/c1-12-4-6-15(7-5-12)17-16(9-19-22-17)18(21)20-10-13(2)8-14(3)11-20/h4-7,9,13-14H,8,10-11H2,1-3H3. The van der Waals surface area contributed by atoms with E-state index in [9.17, 15) is 4.79 Å². The molecule has 1 fully saturated rings. The van der Waals surface area contributed by atoms with Crippen LogP contribution >= 0.6 is 0 Å². The van der Waals surface area contributed by atoms with E-state index in [-0.39, 0.29) is 5.91 Å². The van der Waals surface area contributed by atoms with E-state index in [1.54, 1.807) is 6.20 Å². The minimum absolute atomic E-state index is 0.0234. The maximum Gasteiger partial charge on any atom is 0.259 e. The largest absolute Gasteiger partial charge is 0.355 e. The van der Waals surface area contributed by atoms with E-state index in [0.29, 0.717) is 23.2 Å². The molecule has 1 aliphatic heterocycles. The monoisotopic (exact) mass is 298 g/mol. The zero-order valence-corrected chi connectivity index (χ0v) is 13.4. The van der Waals surface area contributed by atoms with E-state index in [1.165, 1.54) is 12.0 Å². The van der Waals surface area contributed by atoms with Crippen LogP contribution in [0.3, 0.4) is 0 Å². The van der Waals surface area contributed by atoms with Crippen LogP contribution in [0.4, 0.5) is 0 Å². The number of nitrogens with zero attached hydrogens (tertiary/aromatic N) is 2. The highest BCUT2D eigenvalue weighted by molar-refractivity contribution is 5.99. The van der Waals surface area contributed by atoms with E-state index in [0.717, 1.165) is 18.7 Å². The third-order valence-electron chi connectivity index (χ3n) is 4.27. The number of hydrogen-bond donors (Lipinski definition) is 0. The van der Waals surface area contributed by atoms with Crippen molar-refractivity contribution in [2.75, 3.05) is 13.1 Å². The first-order chi connectivity index (χ1) is 10.5. The Labute approximate surface area is 131 Å². The van der Waals surface area contributed by atoms with E-state index >= 15 is 0 Å². The fraction of sp³-hybridized carbons (Fsp3) is 0.444. The van der Waals surface area contributed by atoms with Gasteiger partial charge in [-0.15, -0.1) is 0 Å². The summed E-state index contributed by atoms with van der Waals surface area (Å²) in [6.45, 7) is 8.05. The Morgan fingerprint density at radius 2 is 1.82 bits per heavy atom. The molecule has 4 heteroatoms. The molecule has 3 rings (SSSR count). The summed E-state index contributed by atoms with van der Waals surface area (Å²) in [6, 6.07) is 7.95. The predicted octanol–water partition coefficient (Wildman–Crippen LogP) is 3.77. The second kappa shape index (κ2) is 5.95. The zero-order chi connectivity index (χ0) is 15.7. The molecule has 1 aromatic carbocycles. The van der Waals surface area contributed by atoms with Gasteiger partial charge in [0, 0.05) is 18.7 Å². The molecule has 1 saturated heterocycles. The van der Waals surface area contributed by atoms with Crippen molar-refractivity contribution in [2.24, 2.45) is 11.8 Å². The van der Waals surface area contributed by atoms with Crippen molar-refractivity contribution in [3.63, 3.8) is 0 Å². The fourth-order valence-electron chi connectivity index (χ4n) is 3.30. The summed E-state index contributed by atoms with van der Waals surface area (Å²) in [6.07, 6.45) is 2.72. The predicted molar refractivity (Wildman–Crippen MR) is 85.5 cm³/mol. The minimum atomic E-state index is 0.0234. The summed E-state index contributed by atoms with van der Waals surface area (Å²) in [5, 5.41) is 3.85. The van der Waals surface area contributed by atoms with Crippen LogP contribution in [0.1, 0.15) is 36.2 Å². The molecule has 116 valence electrons. The van der Waals surface area contributed by atoms with Gasteiger partial charge < -0.3 is 9.42 Å². The highest BCUT2D eigenvalue weighted by Crippen LogP contribution is 2.28. The van der Waals surface area contributed by atoms with E-state index in [2.05, 4.69) is 19.0 Å². The molecule has 0 aliphatic carbocycles. The quantitative estimate of drug-likeness (QED) is 0.848. The average Bonchev–Trinajstić information content (AvgIpc) is 2.95. The summed E-state index contributed by atoms with van der Waals surface area (Å²) in [5.74, 6) is 1.66. The number of carbonyl (C=O) groups excluding carboxylic acids is 1. The smallest absolute Gasteiger partial charge is 0.259 e. The Balaban J connectivity index is 1.88. The number of rotatable bonds is 2. The van der Waals surface area contributed by atoms with Crippen LogP contribution in [-0.2, 0) is 0 Å². The van der Waals surface area contributed by atoms with Gasteiger partial charge in [0.1, 0.15) is 5.56 Å². The van der Waals surface area contributed by atoms with Crippen LogP contribution in [0.5, 0.6) is 0 Å². The Kier molecular flexibility index (Phi) is 4.01. The van der Waals surface area contributed by atoms with Gasteiger partial charge in [-0.1, -0.05) is 48.8 Å². The molecule has 1 aromatic heterocycles. The molecule has 0 bridgehead atoms. The third-order valence-corrected chi connectivity index (χ3v) is 4.27. The van der Waals surface area contributed by atoms with Gasteiger partial charge >= 0.3 is 0 Å². The average molecular weight is 298 g/mol. The first kappa shape index (κ1) is 14.8. The molecule has 2 aromatic rings. The first-order valence-corrected chi connectivity index (χ1v) is 7.85. The lowest BCUT2D eigenvalue weighted by atomic mass is 9.91. The van der Waals surface area contributed by atoms with Gasteiger partial charge in [0.25, 0.3) is 5.91 Å². The molecule has 2 atom stereocenters. The summed E-state index contributed by atoms with van der Waals surface area (Å²) < 4.78 is 5.36. The van der Waals surface area contributed by atoms with Crippen molar-refractivity contribution in [1.82, 2.24) is 10.1 Å². The molecular weight excluding hydrogens is 276 g/mol. The first-order valence-electron chi connectivity index (χ1n) is 7.85. The Hall–Kier alpha value is -2.10. The topological polar surface area (TPSA) is 46.3 Å². The van der Waals surface area contributed by atoms with Crippen molar-refractivity contribution in [1.29, 1.82) is 0 Å². The summed E-state index contributed by atoms with van der Waals surface area (Å²) in [7, 11) is 0. The maximum atomic E-state index is 12.8. The number of likely N-dealkylation sites (tertiary alicyclic amines) is 1. The van der Waals surface area contributed by atoms with E-state index in [1.807, 2.05) is 36.1 Å². The highest BCUT2D eigenvalue weighted by Gasteiger charge is 2.29. The summed E-state index contributed by atoms with van der Waals surface area (Å²) in [4.78, 5) is 14.8. The van der Waals surface area contributed by atoms with Gasteiger partial charge in [-0.25, -0.2) is 0 Å². The van der Waals surface area contributed by atoms with Crippen molar-refractivity contribution in [2.45, 2.75) is 27.2 Å². The third kappa shape index (κ3) is 2.91. The molecule has 0 N–H and O–H groups in total. The van der Waals surface area contributed by atoms with E-state index < -0.39 is 0 Å². The SMILES string of the molecule is Cc1ccc(-c2oncc2C(=O)N2CC(C)CC(C)C2)cc1. The van der Waals surface area contributed by atoms with Gasteiger partial charge in [0.2, 0.25) is 0 Å². The van der Waals surface area contributed by atoms with Crippen molar-refractivity contribution in [3.8, 4) is 11.3 Å². The lowest BCUT2D eigenvalue weighted by Gasteiger charge is -2.34. The summed E-state index contributed by atoms with van der Waals surface area (Å²) in [5.41, 5.74) is 2.63. The van der Waals surface area contributed by atoms with Crippen molar-refractivity contribution >= 4 is 5.91 Å². The number of benzene rings is 1. The van der Waals surface area contributed by atoms with Gasteiger partial charge in [-0.2, -0.15) is 0 Å². The lowest BCUT2D eigenvalue weighted by molar-refractivity contribution is 0.0623. The molecule has 0 radical (unpaired) electrons. The Bertz CT molecular complexity index is 650. The Morgan fingerprint density at radius 1 is 1.18 bits per heavy atom. The van der Waals surface area contributed by atoms with Gasteiger partial charge in [-0.05, 0) is 25.2 Å². The normalized spacial score (nSPS) is 21.9. The fourth-order valence-corrected chi connectivity index (χ4v) is 3.30. The molecular formula is C18H22N2O2. The number of hydrogen-bond acceptors (Lipinski definition) is 3. The highest BCUT2D eigenvalue weighted by atomic mass is 16.5. The molecule has 0 saturated carbocycles. The number of aryl methyl sites for hydroxylation is 1. The number of piperidine rings is 1. The van der Waals surface area contributed by atoms with Crippen LogP contribution < -0.4 is 0 Å². The number of carbonyl (C=O) groups is 1. The second-order valence-corrected chi connectivity index (χ2v) is 6.59. The molecule has 22 heavy (non-hydrogen) atoms. The van der Waals surface area contributed by atoms with Crippen molar-refractivity contribution < 1.29 is 9.32 Å². The van der Waals surface area contributed by atoms with E-state index in [4.69, 9.17) is 4.52 Å². The molecule has 2 unspecified atom stereocenters. The zero-order valence-electron chi connectivity index (χ0n) is 13.4. The molecule has 2 heterocycles. The molecule has 1 aliphatic rings. The van der Waals surface area contributed by atoms with Gasteiger partial charge in [0.15, 0.2) is 5.76 Å². The number of aromatic nitrogens is 1. The molecule has 0 spiro atoms. The Morgan fingerprint density at radius 3 is 2.45 bits per heavy atom. The van der Waals surface area contributed by atoms with Crippen molar-refractivity contribution in [3.05, 3.63) is 41.6 Å². The summed E-state index contributed by atoms with van der Waals surface area (Å²) >= 11 is 0. The van der Waals surface area contributed by atoms with Crippen LogP contribution in [-0.4, -0.2) is 29.1 Å². The minimum Gasteiger partial charge on any atom is -0.355 e. The van der Waals surface area contributed by atoms with Crippen LogP contribution in [0.25, 0.3) is 11.3 Å².